The van der Waals surface area contributed by atoms with E-state index in [-0.39, 0.29) is 5.82 Å². The van der Waals surface area contributed by atoms with E-state index in [2.05, 4.69) is 6.07 Å². The fourth-order valence-corrected chi connectivity index (χ4v) is 2.62. The minimum Gasteiger partial charge on any atom is -0.207 e. The van der Waals surface area contributed by atoms with Crippen molar-refractivity contribution in [3.8, 4) is 6.07 Å². The molecular formula is C15H12FNS. The molecule has 0 saturated heterocycles. The van der Waals surface area contributed by atoms with Gasteiger partial charge in [0.05, 0.1) is 11.6 Å². The van der Waals surface area contributed by atoms with E-state index >= 15 is 0 Å². The molecule has 0 aliphatic carbocycles. The highest BCUT2D eigenvalue weighted by Gasteiger charge is 2.01. The van der Waals surface area contributed by atoms with Crippen LogP contribution in [-0.2, 0) is 11.5 Å². The average molecular weight is 257 g/mol. The third-order valence-electron chi connectivity index (χ3n) is 2.58. The zero-order chi connectivity index (χ0) is 12.8. The van der Waals surface area contributed by atoms with Crippen molar-refractivity contribution in [3.05, 3.63) is 71.0 Å². The first-order valence-electron chi connectivity index (χ1n) is 5.60. The maximum Gasteiger partial charge on any atom is 0.123 e. The van der Waals surface area contributed by atoms with Gasteiger partial charge in [-0.05, 0) is 29.3 Å². The second-order valence-electron chi connectivity index (χ2n) is 3.89. The lowest BCUT2D eigenvalue weighted by Gasteiger charge is -2.04. The van der Waals surface area contributed by atoms with Crippen LogP contribution in [0.5, 0.6) is 0 Å². The lowest BCUT2D eigenvalue weighted by Crippen LogP contribution is -1.88. The van der Waals surface area contributed by atoms with E-state index in [0.29, 0.717) is 0 Å². The van der Waals surface area contributed by atoms with Crippen LogP contribution in [0.1, 0.15) is 16.7 Å². The number of thioether (sulfide) groups is 1. The van der Waals surface area contributed by atoms with Gasteiger partial charge in [-0.2, -0.15) is 17.0 Å². The van der Waals surface area contributed by atoms with Gasteiger partial charge in [0.15, 0.2) is 0 Å². The van der Waals surface area contributed by atoms with Crippen LogP contribution in [0.25, 0.3) is 0 Å². The summed E-state index contributed by atoms with van der Waals surface area (Å²) < 4.78 is 12.7. The first-order chi connectivity index (χ1) is 8.79. The maximum absolute atomic E-state index is 12.7. The second kappa shape index (κ2) is 6.23. The highest BCUT2D eigenvalue weighted by atomic mass is 32.2. The Bertz CT molecular complexity index is 557. The summed E-state index contributed by atoms with van der Waals surface area (Å²) in [5.74, 6) is 1.40. The van der Waals surface area contributed by atoms with Gasteiger partial charge in [-0.15, -0.1) is 0 Å². The molecule has 0 aliphatic heterocycles. The monoisotopic (exact) mass is 257 g/mol. The van der Waals surface area contributed by atoms with Crippen LogP contribution in [0.15, 0.2) is 48.5 Å². The summed E-state index contributed by atoms with van der Waals surface area (Å²) in [6, 6.07) is 16.3. The van der Waals surface area contributed by atoms with Crippen molar-refractivity contribution >= 4 is 11.8 Å². The van der Waals surface area contributed by atoms with Gasteiger partial charge in [-0.25, -0.2) is 4.39 Å². The first kappa shape index (κ1) is 12.7. The molecule has 0 atom stereocenters. The number of hydrogen-bond donors (Lipinski definition) is 0. The summed E-state index contributed by atoms with van der Waals surface area (Å²) in [6.45, 7) is 0. The van der Waals surface area contributed by atoms with Crippen molar-refractivity contribution in [2.75, 3.05) is 0 Å². The topological polar surface area (TPSA) is 23.8 Å². The summed E-state index contributed by atoms with van der Waals surface area (Å²) in [4.78, 5) is 0. The van der Waals surface area contributed by atoms with Gasteiger partial charge in [-0.1, -0.05) is 30.3 Å². The Kier molecular flexibility index (Phi) is 4.38. The van der Waals surface area contributed by atoms with Crippen molar-refractivity contribution in [1.82, 2.24) is 0 Å². The molecule has 3 heteroatoms. The predicted molar refractivity (Wildman–Crippen MR) is 72.6 cm³/mol. The van der Waals surface area contributed by atoms with Crippen LogP contribution in [0.3, 0.4) is 0 Å². The van der Waals surface area contributed by atoms with Crippen LogP contribution in [0.2, 0.25) is 0 Å². The van der Waals surface area contributed by atoms with Gasteiger partial charge in [0.2, 0.25) is 0 Å². The van der Waals surface area contributed by atoms with E-state index in [9.17, 15) is 4.39 Å². The van der Waals surface area contributed by atoms with E-state index in [1.807, 2.05) is 24.3 Å². The fourth-order valence-electron chi connectivity index (χ4n) is 1.61. The number of nitrogens with zero attached hydrogens (tertiary/aromatic N) is 1. The van der Waals surface area contributed by atoms with E-state index in [1.54, 1.807) is 23.9 Å². The van der Waals surface area contributed by atoms with Crippen LogP contribution in [-0.4, -0.2) is 0 Å². The standard InChI is InChI=1S/C15H12FNS/c16-15-7-5-12(6-8-15)10-18-11-14-4-2-1-3-13(14)9-17/h1-8H,10-11H2. The molecule has 0 radical (unpaired) electrons. The number of nitriles is 1. The molecule has 0 spiro atoms. The Labute approximate surface area is 110 Å². The van der Waals surface area contributed by atoms with Gasteiger partial charge in [-0.3, -0.25) is 0 Å². The predicted octanol–water partition coefficient (Wildman–Crippen LogP) is 4.13. The van der Waals surface area contributed by atoms with E-state index in [1.165, 1.54) is 12.1 Å². The third-order valence-corrected chi connectivity index (χ3v) is 3.63. The van der Waals surface area contributed by atoms with Crippen molar-refractivity contribution in [1.29, 1.82) is 5.26 Å². The molecule has 0 aromatic heterocycles. The molecule has 2 aromatic carbocycles. The molecule has 90 valence electrons. The highest BCUT2D eigenvalue weighted by Crippen LogP contribution is 2.20. The Morgan fingerprint density at radius 2 is 1.72 bits per heavy atom. The normalized spacial score (nSPS) is 10.0. The molecule has 18 heavy (non-hydrogen) atoms. The molecule has 1 nitrogen and oxygen atoms in total. The molecule has 0 amide bonds. The molecule has 0 N–H and O–H groups in total. The average Bonchev–Trinajstić information content (AvgIpc) is 2.41. The zero-order valence-corrected chi connectivity index (χ0v) is 10.6. The molecule has 0 unspecified atom stereocenters. The number of hydrogen-bond acceptors (Lipinski definition) is 2. The van der Waals surface area contributed by atoms with Crippen molar-refractivity contribution in [2.45, 2.75) is 11.5 Å². The van der Waals surface area contributed by atoms with Crippen molar-refractivity contribution < 1.29 is 4.39 Å². The van der Waals surface area contributed by atoms with Crippen molar-refractivity contribution in [3.63, 3.8) is 0 Å². The Hall–Kier alpha value is -1.79. The van der Waals surface area contributed by atoms with Crippen LogP contribution in [0.4, 0.5) is 4.39 Å². The van der Waals surface area contributed by atoms with Gasteiger partial charge in [0, 0.05) is 11.5 Å². The summed E-state index contributed by atoms with van der Waals surface area (Å²) in [6.07, 6.45) is 0. The van der Waals surface area contributed by atoms with E-state index < -0.39 is 0 Å². The number of rotatable bonds is 4. The molecule has 0 aliphatic rings. The molecule has 2 rings (SSSR count). The van der Waals surface area contributed by atoms with Crippen LogP contribution >= 0.6 is 11.8 Å². The molecule has 0 fully saturated rings. The SMILES string of the molecule is N#Cc1ccccc1CSCc1ccc(F)cc1. The Morgan fingerprint density at radius 1 is 1.00 bits per heavy atom. The Balaban J connectivity index is 1.93. The molecular weight excluding hydrogens is 245 g/mol. The van der Waals surface area contributed by atoms with Gasteiger partial charge in [0.25, 0.3) is 0 Å². The highest BCUT2D eigenvalue weighted by molar-refractivity contribution is 7.97. The largest absolute Gasteiger partial charge is 0.207 e. The molecule has 2 aromatic rings. The minimum absolute atomic E-state index is 0.210. The first-order valence-corrected chi connectivity index (χ1v) is 6.75. The summed E-state index contributed by atoms with van der Waals surface area (Å²) in [5.41, 5.74) is 2.87. The van der Waals surface area contributed by atoms with Gasteiger partial charge in [0.1, 0.15) is 5.82 Å². The zero-order valence-electron chi connectivity index (χ0n) is 9.77. The van der Waals surface area contributed by atoms with Gasteiger partial charge < -0.3 is 0 Å². The summed E-state index contributed by atoms with van der Waals surface area (Å²) in [5, 5.41) is 8.96. The van der Waals surface area contributed by atoms with Crippen LogP contribution < -0.4 is 0 Å². The molecule has 0 bridgehead atoms. The Morgan fingerprint density at radius 3 is 2.44 bits per heavy atom. The lowest BCUT2D eigenvalue weighted by atomic mass is 10.1. The number of halogens is 1. The second-order valence-corrected chi connectivity index (χ2v) is 4.87. The van der Waals surface area contributed by atoms with Crippen molar-refractivity contribution in [2.24, 2.45) is 0 Å². The van der Waals surface area contributed by atoms with E-state index in [0.717, 1.165) is 28.2 Å². The summed E-state index contributed by atoms with van der Waals surface area (Å²) in [7, 11) is 0. The van der Waals surface area contributed by atoms with Gasteiger partial charge >= 0.3 is 0 Å². The lowest BCUT2D eigenvalue weighted by molar-refractivity contribution is 0.627. The maximum atomic E-state index is 12.7. The minimum atomic E-state index is -0.210. The number of benzene rings is 2. The summed E-state index contributed by atoms with van der Waals surface area (Å²) >= 11 is 1.72. The van der Waals surface area contributed by atoms with Crippen LogP contribution in [0, 0.1) is 17.1 Å². The van der Waals surface area contributed by atoms with E-state index in [4.69, 9.17) is 5.26 Å². The quantitative estimate of drug-likeness (QED) is 0.822. The molecule has 0 heterocycles. The fraction of sp³-hybridized carbons (Fsp3) is 0.133. The third kappa shape index (κ3) is 3.35. The molecule has 0 saturated carbocycles. The smallest absolute Gasteiger partial charge is 0.123 e.